The molecule has 0 aliphatic carbocycles. The second-order valence-electron chi connectivity index (χ2n) is 6.23. The van der Waals surface area contributed by atoms with Gasteiger partial charge in [0.15, 0.2) is 12.4 Å². The van der Waals surface area contributed by atoms with Crippen LogP contribution in [0.25, 0.3) is 16.7 Å². The molecular weight excluding hydrogens is 368 g/mol. The molecular formula is C22H14N4O3. The van der Waals surface area contributed by atoms with Gasteiger partial charge in [0.2, 0.25) is 5.43 Å². The molecule has 140 valence electrons. The topological polar surface area (TPSA) is 105 Å². The number of primary amides is 1. The van der Waals surface area contributed by atoms with Gasteiger partial charge in [-0.25, -0.2) is 4.98 Å². The number of carbonyl (C=O) groups is 1. The smallest absolute Gasteiger partial charge is 0.254 e. The number of carbonyl (C=O) groups excluding carboxylic acids is 1. The molecule has 7 heteroatoms. The van der Waals surface area contributed by atoms with E-state index >= 15 is 0 Å². The van der Waals surface area contributed by atoms with Gasteiger partial charge in [-0.05, 0) is 36.4 Å². The number of pyridine rings is 3. The fraction of sp³-hybridized carbons (Fsp3) is 0. The maximum atomic E-state index is 12.5. The zero-order valence-electron chi connectivity index (χ0n) is 15.1. The van der Waals surface area contributed by atoms with Crippen molar-refractivity contribution in [2.75, 3.05) is 0 Å². The summed E-state index contributed by atoms with van der Waals surface area (Å²) in [6, 6.07) is 13.8. The molecule has 0 bridgehead atoms. The first-order valence-electron chi connectivity index (χ1n) is 8.64. The van der Waals surface area contributed by atoms with Crippen LogP contribution in [0.2, 0.25) is 0 Å². The van der Waals surface area contributed by atoms with Crippen LogP contribution >= 0.6 is 0 Å². The molecule has 3 aromatic heterocycles. The van der Waals surface area contributed by atoms with Crippen molar-refractivity contribution < 1.29 is 9.52 Å². The molecule has 2 N–H and O–H groups in total. The third-order valence-corrected chi connectivity index (χ3v) is 4.28. The van der Waals surface area contributed by atoms with Gasteiger partial charge in [0.1, 0.15) is 11.2 Å². The summed E-state index contributed by atoms with van der Waals surface area (Å²) in [6.07, 6.45) is 5.73. The average Bonchev–Trinajstić information content (AvgIpc) is 2.73. The highest BCUT2D eigenvalue weighted by Crippen LogP contribution is 2.17. The van der Waals surface area contributed by atoms with Crippen molar-refractivity contribution >= 4 is 16.9 Å². The van der Waals surface area contributed by atoms with Gasteiger partial charge in [0.05, 0.1) is 10.9 Å². The zero-order valence-corrected chi connectivity index (χ0v) is 15.1. The molecule has 29 heavy (non-hydrogen) atoms. The summed E-state index contributed by atoms with van der Waals surface area (Å²) in [7, 11) is 0. The van der Waals surface area contributed by atoms with Crippen LogP contribution in [0.3, 0.4) is 0 Å². The SMILES string of the molecule is NC(=O)c1cn(-c2cccc(C#Cc3ccc[n+]([O-])c3)c2)c2ncccc2c1=O. The van der Waals surface area contributed by atoms with Gasteiger partial charge >= 0.3 is 0 Å². The number of amides is 1. The minimum Gasteiger partial charge on any atom is -0.619 e. The van der Waals surface area contributed by atoms with Crippen molar-refractivity contribution in [1.82, 2.24) is 9.55 Å². The Hall–Kier alpha value is -4.44. The molecule has 0 fully saturated rings. The molecule has 0 atom stereocenters. The van der Waals surface area contributed by atoms with Gasteiger partial charge in [-0.15, -0.1) is 0 Å². The van der Waals surface area contributed by atoms with Crippen molar-refractivity contribution in [3.8, 4) is 17.5 Å². The summed E-state index contributed by atoms with van der Waals surface area (Å²) in [5, 5.41) is 11.7. The minimum atomic E-state index is -0.805. The van der Waals surface area contributed by atoms with E-state index in [1.807, 2.05) is 12.1 Å². The van der Waals surface area contributed by atoms with Crippen LogP contribution in [-0.2, 0) is 0 Å². The van der Waals surface area contributed by atoms with Crippen molar-refractivity contribution in [2.24, 2.45) is 5.73 Å². The lowest BCUT2D eigenvalue weighted by Crippen LogP contribution is -2.24. The highest BCUT2D eigenvalue weighted by atomic mass is 16.5. The molecule has 1 aromatic carbocycles. The first-order chi connectivity index (χ1) is 14.0. The molecule has 3 heterocycles. The van der Waals surface area contributed by atoms with Crippen molar-refractivity contribution in [1.29, 1.82) is 0 Å². The monoisotopic (exact) mass is 382 g/mol. The van der Waals surface area contributed by atoms with Crippen LogP contribution in [0.4, 0.5) is 0 Å². The highest BCUT2D eigenvalue weighted by molar-refractivity contribution is 5.96. The predicted octanol–water partition coefficient (Wildman–Crippen LogP) is 1.52. The third-order valence-electron chi connectivity index (χ3n) is 4.28. The molecule has 1 amide bonds. The second kappa shape index (κ2) is 7.29. The molecule has 0 saturated heterocycles. The molecule has 4 aromatic rings. The summed E-state index contributed by atoms with van der Waals surface area (Å²) in [4.78, 5) is 28.5. The Morgan fingerprint density at radius 2 is 1.90 bits per heavy atom. The Morgan fingerprint density at radius 1 is 1.10 bits per heavy atom. The minimum absolute atomic E-state index is 0.119. The molecule has 0 unspecified atom stereocenters. The fourth-order valence-electron chi connectivity index (χ4n) is 2.94. The molecule has 7 nitrogen and oxygen atoms in total. The second-order valence-corrected chi connectivity index (χ2v) is 6.23. The maximum absolute atomic E-state index is 12.5. The van der Waals surface area contributed by atoms with E-state index in [9.17, 15) is 14.8 Å². The van der Waals surface area contributed by atoms with Crippen molar-refractivity contribution in [3.63, 3.8) is 0 Å². The van der Waals surface area contributed by atoms with Crippen molar-refractivity contribution in [2.45, 2.75) is 0 Å². The van der Waals surface area contributed by atoms with Crippen LogP contribution < -0.4 is 15.9 Å². The lowest BCUT2D eigenvalue weighted by atomic mass is 10.1. The van der Waals surface area contributed by atoms with E-state index in [4.69, 9.17) is 5.73 Å². The molecule has 0 aliphatic rings. The number of hydrogen-bond donors (Lipinski definition) is 1. The van der Waals surface area contributed by atoms with E-state index in [1.54, 1.807) is 47.2 Å². The third kappa shape index (κ3) is 3.55. The zero-order chi connectivity index (χ0) is 20.4. The summed E-state index contributed by atoms with van der Waals surface area (Å²) in [6.45, 7) is 0. The summed E-state index contributed by atoms with van der Waals surface area (Å²) in [5.74, 6) is 5.14. The number of hydrogen-bond acceptors (Lipinski definition) is 4. The van der Waals surface area contributed by atoms with E-state index < -0.39 is 11.3 Å². The Labute approximate surface area is 165 Å². The van der Waals surface area contributed by atoms with Gasteiger partial charge in [-0.3, -0.25) is 9.59 Å². The molecule has 0 spiro atoms. The van der Waals surface area contributed by atoms with Gasteiger partial charge < -0.3 is 15.5 Å². The molecule has 0 aliphatic heterocycles. The first-order valence-corrected chi connectivity index (χ1v) is 8.64. The van der Waals surface area contributed by atoms with Crippen LogP contribution in [0.15, 0.2) is 78.1 Å². The number of aromatic nitrogens is 3. The van der Waals surface area contributed by atoms with Crippen LogP contribution in [0, 0.1) is 17.0 Å². The summed E-state index contributed by atoms with van der Waals surface area (Å²) < 4.78 is 2.32. The molecule has 4 rings (SSSR count). The fourth-order valence-corrected chi connectivity index (χ4v) is 2.94. The normalized spacial score (nSPS) is 10.3. The Bertz CT molecular complexity index is 1380. The average molecular weight is 382 g/mol. The van der Waals surface area contributed by atoms with Gasteiger partial charge in [0, 0.05) is 29.7 Å². The number of fused-ring (bicyclic) bond motifs is 1. The standard InChI is InChI=1S/C22H14N4O3/c23-21(28)19-14-26(22-18(20(19)27)7-2-10-24-22)17-6-1-4-15(12-17)8-9-16-5-3-11-25(29)13-16/h1-7,10-14H,(H2,23,28). The first kappa shape index (κ1) is 17.9. The number of benzene rings is 1. The lowest BCUT2D eigenvalue weighted by molar-refractivity contribution is -0.605. The van der Waals surface area contributed by atoms with Crippen LogP contribution in [0.5, 0.6) is 0 Å². The highest BCUT2D eigenvalue weighted by Gasteiger charge is 2.14. The summed E-state index contributed by atoms with van der Waals surface area (Å²) >= 11 is 0. The van der Waals surface area contributed by atoms with E-state index in [2.05, 4.69) is 16.8 Å². The number of rotatable bonds is 2. The van der Waals surface area contributed by atoms with Gasteiger partial charge in [-0.2, -0.15) is 4.73 Å². The van der Waals surface area contributed by atoms with E-state index in [-0.39, 0.29) is 5.56 Å². The van der Waals surface area contributed by atoms with Crippen LogP contribution in [-0.4, -0.2) is 15.5 Å². The van der Waals surface area contributed by atoms with E-state index in [1.165, 1.54) is 18.6 Å². The molecule has 0 saturated carbocycles. The van der Waals surface area contributed by atoms with Gasteiger partial charge in [-0.1, -0.05) is 17.9 Å². The van der Waals surface area contributed by atoms with Crippen LogP contribution in [0.1, 0.15) is 21.5 Å². The lowest BCUT2D eigenvalue weighted by Gasteiger charge is -2.12. The van der Waals surface area contributed by atoms with Gasteiger partial charge in [0.25, 0.3) is 5.91 Å². The maximum Gasteiger partial charge on any atom is 0.254 e. The quantitative estimate of drug-likeness (QED) is 0.322. The Balaban J connectivity index is 1.86. The largest absolute Gasteiger partial charge is 0.619 e. The number of nitrogens with zero attached hydrogens (tertiary/aromatic N) is 3. The number of nitrogens with two attached hydrogens (primary N) is 1. The predicted molar refractivity (Wildman–Crippen MR) is 107 cm³/mol. The Morgan fingerprint density at radius 3 is 2.69 bits per heavy atom. The summed E-state index contributed by atoms with van der Waals surface area (Å²) in [5.41, 5.74) is 7.15. The van der Waals surface area contributed by atoms with E-state index in [0.29, 0.717) is 32.6 Å². The van der Waals surface area contributed by atoms with E-state index in [0.717, 1.165) is 0 Å². The van der Waals surface area contributed by atoms with Crippen molar-refractivity contribution in [3.05, 3.63) is 105 Å². The molecule has 0 radical (unpaired) electrons. The Kier molecular flexibility index (Phi) is 4.51.